The first kappa shape index (κ1) is 16.4. The third kappa shape index (κ3) is 3.26. The Morgan fingerprint density at radius 2 is 2.30 bits per heavy atom. The Labute approximate surface area is 140 Å². The predicted molar refractivity (Wildman–Crippen MR) is 89.5 cm³/mol. The SMILES string of the molecule is CNCCN1C(=O)CC[C@H]2CN(C(=O)c3scnc3C)CC[C@H]21. The quantitative estimate of drug-likeness (QED) is 0.895. The third-order valence-electron chi connectivity index (χ3n) is 4.97. The molecule has 2 saturated heterocycles. The topological polar surface area (TPSA) is 65.5 Å². The second-order valence-corrected chi connectivity index (χ2v) is 7.22. The normalized spacial score (nSPS) is 24.7. The van der Waals surface area contributed by atoms with E-state index in [2.05, 4.69) is 10.3 Å². The molecular formula is C16H24N4O2S. The smallest absolute Gasteiger partial charge is 0.265 e. The Hall–Kier alpha value is -1.47. The second-order valence-electron chi connectivity index (χ2n) is 6.36. The number of thiazole rings is 1. The molecule has 2 aliphatic rings. The van der Waals surface area contributed by atoms with Gasteiger partial charge in [0, 0.05) is 38.6 Å². The molecule has 3 rings (SSSR count). The van der Waals surface area contributed by atoms with Crippen LogP contribution < -0.4 is 5.32 Å². The fourth-order valence-corrected chi connectivity index (χ4v) is 4.48. The number of hydrogen-bond donors (Lipinski definition) is 1. The average molecular weight is 336 g/mol. The molecule has 2 aliphatic heterocycles. The largest absolute Gasteiger partial charge is 0.338 e. The van der Waals surface area contributed by atoms with E-state index in [1.807, 2.05) is 23.8 Å². The van der Waals surface area contributed by atoms with Gasteiger partial charge in [0.05, 0.1) is 11.2 Å². The summed E-state index contributed by atoms with van der Waals surface area (Å²) in [5.41, 5.74) is 2.55. The van der Waals surface area contributed by atoms with Crippen molar-refractivity contribution < 1.29 is 9.59 Å². The van der Waals surface area contributed by atoms with E-state index in [0.29, 0.717) is 12.3 Å². The molecule has 2 amide bonds. The lowest BCUT2D eigenvalue weighted by Crippen LogP contribution is -2.57. The molecule has 0 spiro atoms. The van der Waals surface area contributed by atoms with Gasteiger partial charge < -0.3 is 15.1 Å². The van der Waals surface area contributed by atoms with E-state index >= 15 is 0 Å². The van der Waals surface area contributed by atoms with Crippen molar-refractivity contribution in [1.29, 1.82) is 0 Å². The van der Waals surface area contributed by atoms with E-state index in [1.165, 1.54) is 11.3 Å². The van der Waals surface area contributed by atoms with Crippen LogP contribution in [0, 0.1) is 12.8 Å². The number of aryl methyl sites for hydroxylation is 1. The van der Waals surface area contributed by atoms with E-state index < -0.39 is 0 Å². The number of rotatable bonds is 4. The number of carbonyl (C=O) groups excluding carboxylic acids is 2. The number of carbonyl (C=O) groups is 2. The minimum Gasteiger partial charge on any atom is -0.338 e. The van der Waals surface area contributed by atoms with Gasteiger partial charge in [0.2, 0.25) is 5.91 Å². The Morgan fingerprint density at radius 1 is 1.48 bits per heavy atom. The van der Waals surface area contributed by atoms with Crippen molar-refractivity contribution in [1.82, 2.24) is 20.1 Å². The van der Waals surface area contributed by atoms with Gasteiger partial charge >= 0.3 is 0 Å². The lowest BCUT2D eigenvalue weighted by atomic mass is 9.83. The average Bonchev–Trinajstić information content (AvgIpc) is 2.99. The first-order valence-corrected chi connectivity index (χ1v) is 9.13. The van der Waals surface area contributed by atoms with E-state index in [-0.39, 0.29) is 17.9 Å². The Morgan fingerprint density at radius 3 is 3.00 bits per heavy atom. The lowest BCUT2D eigenvalue weighted by molar-refractivity contribution is -0.140. The van der Waals surface area contributed by atoms with Crippen LogP contribution in [-0.2, 0) is 4.79 Å². The van der Waals surface area contributed by atoms with Gasteiger partial charge in [-0.1, -0.05) is 0 Å². The van der Waals surface area contributed by atoms with Gasteiger partial charge in [-0.15, -0.1) is 11.3 Å². The highest BCUT2D eigenvalue weighted by Gasteiger charge is 2.40. The number of nitrogens with zero attached hydrogens (tertiary/aromatic N) is 3. The summed E-state index contributed by atoms with van der Waals surface area (Å²) in [6.07, 6.45) is 2.38. The monoisotopic (exact) mass is 336 g/mol. The number of likely N-dealkylation sites (N-methyl/N-ethyl adjacent to an activating group) is 1. The summed E-state index contributed by atoms with van der Waals surface area (Å²) in [6.45, 7) is 4.94. The van der Waals surface area contributed by atoms with Gasteiger partial charge in [-0.3, -0.25) is 9.59 Å². The van der Waals surface area contributed by atoms with Crippen LogP contribution in [0.25, 0.3) is 0 Å². The zero-order valence-corrected chi connectivity index (χ0v) is 14.6. The van der Waals surface area contributed by atoms with Crippen molar-refractivity contribution in [2.45, 2.75) is 32.2 Å². The van der Waals surface area contributed by atoms with Crippen molar-refractivity contribution in [3.05, 3.63) is 16.1 Å². The number of aromatic nitrogens is 1. The van der Waals surface area contributed by atoms with E-state index in [9.17, 15) is 9.59 Å². The summed E-state index contributed by atoms with van der Waals surface area (Å²) >= 11 is 1.42. The molecule has 23 heavy (non-hydrogen) atoms. The van der Waals surface area contributed by atoms with Crippen molar-refractivity contribution in [3.8, 4) is 0 Å². The fraction of sp³-hybridized carbons (Fsp3) is 0.688. The highest BCUT2D eigenvalue weighted by molar-refractivity contribution is 7.11. The van der Waals surface area contributed by atoms with E-state index in [1.54, 1.807) is 5.51 Å². The molecule has 0 radical (unpaired) electrons. The van der Waals surface area contributed by atoms with Crippen LogP contribution in [0.3, 0.4) is 0 Å². The molecule has 2 fully saturated rings. The number of fused-ring (bicyclic) bond motifs is 1. The molecule has 1 aromatic rings. The second kappa shape index (κ2) is 6.97. The van der Waals surface area contributed by atoms with Crippen LogP contribution in [0.5, 0.6) is 0 Å². The fourth-order valence-electron chi connectivity index (χ4n) is 3.71. The van der Waals surface area contributed by atoms with Gasteiger partial charge in [-0.05, 0) is 32.7 Å². The van der Waals surface area contributed by atoms with E-state index in [0.717, 1.165) is 49.6 Å². The molecule has 1 N–H and O–H groups in total. The van der Waals surface area contributed by atoms with Crippen LogP contribution in [0.15, 0.2) is 5.51 Å². The first-order chi connectivity index (χ1) is 11.1. The van der Waals surface area contributed by atoms with E-state index in [4.69, 9.17) is 0 Å². The summed E-state index contributed by atoms with van der Waals surface area (Å²) in [7, 11) is 1.91. The number of likely N-dealkylation sites (tertiary alicyclic amines) is 2. The molecule has 0 aliphatic carbocycles. The summed E-state index contributed by atoms with van der Waals surface area (Å²) in [5, 5.41) is 3.12. The molecule has 0 aromatic carbocycles. The van der Waals surface area contributed by atoms with Gasteiger partial charge in [-0.25, -0.2) is 4.98 Å². The standard InChI is InChI=1S/C16H24N4O2S/c1-11-15(23-10-18-11)16(22)19-7-5-13-12(9-19)3-4-14(21)20(13)8-6-17-2/h10,12-13,17H,3-9H2,1-2H3/t12-,13+/m0/s1. The summed E-state index contributed by atoms with van der Waals surface area (Å²) < 4.78 is 0. The summed E-state index contributed by atoms with van der Waals surface area (Å²) in [6, 6.07) is 0.288. The maximum Gasteiger partial charge on any atom is 0.265 e. The van der Waals surface area contributed by atoms with Crippen molar-refractivity contribution in [2.75, 3.05) is 33.2 Å². The maximum absolute atomic E-state index is 12.7. The Kier molecular flexibility index (Phi) is 4.96. The third-order valence-corrected chi connectivity index (χ3v) is 5.89. The number of nitrogens with one attached hydrogen (secondary N) is 1. The van der Waals surface area contributed by atoms with Crippen LogP contribution in [0.2, 0.25) is 0 Å². The highest BCUT2D eigenvalue weighted by Crippen LogP contribution is 2.32. The minimum absolute atomic E-state index is 0.0992. The molecule has 126 valence electrons. The molecule has 0 saturated carbocycles. The van der Waals surface area contributed by atoms with Gasteiger partial charge in [-0.2, -0.15) is 0 Å². The van der Waals surface area contributed by atoms with Crippen LogP contribution in [-0.4, -0.2) is 65.9 Å². The summed E-state index contributed by atoms with van der Waals surface area (Å²) in [4.78, 5) is 33.8. The van der Waals surface area contributed by atoms with Crippen molar-refractivity contribution >= 4 is 23.2 Å². The zero-order chi connectivity index (χ0) is 16.4. The van der Waals surface area contributed by atoms with Crippen LogP contribution in [0.4, 0.5) is 0 Å². The molecule has 3 heterocycles. The Bertz CT molecular complexity index is 588. The minimum atomic E-state index is 0.0992. The molecule has 0 unspecified atom stereocenters. The number of hydrogen-bond acceptors (Lipinski definition) is 5. The molecule has 1 aromatic heterocycles. The molecule has 0 bridgehead atoms. The maximum atomic E-state index is 12.7. The van der Waals surface area contributed by atoms with Gasteiger partial charge in [0.25, 0.3) is 5.91 Å². The molecule has 6 nitrogen and oxygen atoms in total. The number of amides is 2. The lowest BCUT2D eigenvalue weighted by Gasteiger charge is -2.47. The molecule has 7 heteroatoms. The predicted octanol–water partition coefficient (Wildman–Crippen LogP) is 1.12. The van der Waals surface area contributed by atoms with Gasteiger partial charge in [0.15, 0.2) is 0 Å². The zero-order valence-electron chi connectivity index (χ0n) is 13.7. The van der Waals surface area contributed by atoms with Crippen LogP contribution in [0.1, 0.15) is 34.6 Å². The molecule has 2 atom stereocenters. The Balaban J connectivity index is 1.68. The van der Waals surface area contributed by atoms with Crippen molar-refractivity contribution in [2.24, 2.45) is 5.92 Å². The number of piperidine rings is 2. The van der Waals surface area contributed by atoms with Crippen molar-refractivity contribution in [3.63, 3.8) is 0 Å². The first-order valence-electron chi connectivity index (χ1n) is 8.25. The van der Waals surface area contributed by atoms with Gasteiger partial charge in [0.1, 0.15) is 4.88 Å². The highest BCUT2D eigenvalue weighted by atomic mass is 32.1. The summed E-state index contributed by atoms with van der Waals surface area (Å²) in [5.74, 6) is 0.761. The van der Waals surface area contributed by atoms with Crippen LogP contribution >= 0.6 is 11.3 Å². The molecular weight excluding hydrogens is 312 g/mol.